The van der Waals surface area contributed by atoms with Gasteiger partial charge in [-0.2, -0.15) is 0 Å². The van der Waals surface area contributed by atoms with Crippen molar-refractivity contribution in [2.24, 2.45) is 10.2 Å². The highest BCUT2D eigenvalue weighted by Gasteiger charge is 2.38. The minimum Gasteiger partial charge on any atom is -0.466 e. The van der Waals surface area contributed by atoms with E-state index in [1.807, 2.05) is 0 Å². The van der Waals surface area contributed by atoms with E-state index in [-0.39, 0.29) is 34.9 Å². The van der Waals surface area contributed by atoms with Crippen molar-refractivity contribution in [1.82, 2.24) is 10.6 Å². The third kappa shape index (κ3) is 6.49. The molecule has 3 aliphatic rings. The second-order valence-corrected chi connectivity index (χ2v) is 10.4. The minimum absolute atomic E-state index is 0.112. The van der Waals surface area contributed by atoms with E-state index in [1.165, 1.54) is 20.0 Å². The number of hydrogen-bond acceptors (Lipinski definition) is 8. The number of carbonyl (C=O) groups is 2. The van der Waals surface area contributed by atoms with Crippen LogP contribution in [0, 0.1) is 4.91 Å². The van der Waals surface area contributed by atoms with Gasteiger partial charge in [-0.25, -0.2) is 14.6 Å². The minimum atomic E-state index is -0.802. The molecule has 9 nitrogen and oxygen atoms in total. The van der Waals surface area contributed by atoms with Gasteiger partial charge >= 0.3 is 11.9 Å². The van der Waals surface area contributed by atoms with Gasteiger partial charge in [0.05, 0.1) is 30.2 Å². The van der Waals surface area contributed by atoms with Gasteiger partial charge in [-0.15, -0.1) is 4.91 Å². The molecule has 0 bridgehead atoms. The van der Waals surface area contributed by atoms with E-state index >= 15 is 0 Å². The standard InChI is InChI=1S/C29H38N4O5/c1-18-24(27(34)37-3)26(20-11-10-16-23(17-20)33-36)25(19(2)30-18)28(35)38-29(31-21-12-6-4-7-13-21)32-22-14-8-5-9-15-22/h10-11,16-17,21-22,26,30H,4-9,12-15H2,1-3H3,(H,31,32). The zero-order valence-corrected chi connectivity index (χ0v) is 22.5. The van der Waals surface area contributed by atoms with Crippen LogP contribution in [0.3, 0.4) is 0 Å². The number of nitrogens with zero attached hydrogens (tertiary/aromatic N) is 2. The molecule has 4 rings (SSSR count). The average molecular weight is 523 g/mol. The van der Waals surface area contributed by atoms with Crippen LogP contribution in [-0.4, -0.2) is 37.2 Å². The van der Waals surface area contributed by atoms with Gasteiger partial charge in [0.1, 0.15) is 5.69 Å². The molecular formula is C29H38N4O5. The summed E-state index contributed by atoms with van der Waals surface area (Å²) in [5.74, 6) is -1.97. The SMILES string of the molecule is COC(=O)C1=C(C)NC(C)=C(C(=O)OC(=NC2CCCCC2)NC2CCCCC2)C1c1cccc(N=O)c1. The molecule has 2 fully saturated rings. The molecule has 0 radical (unpaired) electrons. The van der Waals surface area contributed by atoms with Gasteiger partial charge in [-0.3, -0.25) is 0 Å². The third-order valence-corrected chi connectivity index (χ3v) is 7.69. The van der Waals surface area contributed by atoms with Gasteiger partial charge in [-0.05, 0) is 62.4 Å². The molecule has 1 aromatic carbocycles. The second-order valence-electron chi connectivity index (χ2n) is 10.4. The molecule has 0 aromatic heterocycles. The predicted molar refractivity (Wildman–Crippen MR) is 146 cm³/mol. The molecular weight excluding hydrogens is 484 g/mol. The summed E-state index contributed by atoms with van der Waals surface area (Å²) < 4.78 is 11.1. The number of carbonyl (C=O) groups excluding carboxylic acids is 2. The van der Waals surface area contributed by atoms with Gasteiger partial charge < -0.3 is 20.1 Å². The Balaban J connectivity index is 1.69. The van der Waals surface area contributed by atoms with E-state index in [0.29, 0.717) is 17.0 Å². The Bertz CT molecular complexity index is 1140. The van der Waals surface area contributed by atoms with Crippen molar-refractivity contribution in [3.8, 4) is 0 Å². The normalized spacial score (nSPS) is 21.6. The fourth-order valence-electron chi connectivity index (χ4n) is 5.77. The van der Waals surface area contributed by atoms with Crippen molar-refractivity contribution in [2.45, 2.75) is 96.1 Å². The number of esters is 2. The van der Waals surface area contributed by atoms with Crippen LogP contribution in [0.1, 0.15) is 89.5 Å². The highest BCUT2D eigenvalue weighted by Crippen LogP contribution is 2.40. The summed E-state index contributed by atoms with van der Waals surface area (Å²) in [6, 6.07) is 7.16. The zero-order chi connectivity index (χ0) is 27.1. The average Bonchev–Trinajstić information content (AvgIpc) is 2.93. The molecule has 0 amide bonds. The number of hydrogen-bond donors (Lipinski definition) is 2. The first-order valence-electron chi connectivity index (χ1n) is 13.7. The van der Waals surface area contributed by atoms with E-state index in [2.05, 4.69) is 15.8 Å². The van der Waals surface area contributed by atoms with Gasteiger partial charge in [0, 0.05) is 17.4 Å². The lowest BCUT2D eigenvalue weighted by Crippen LogP contribution is -2.41. The Kier molecular flexibility index (Phi) is 9.31. The van der Waals surface area contributed by atoms with E-state index in [0.717, 1.165) is 51.4 Å². The van der Waals surface area contributed by atoms with Crippen molar-refractivity contribution in [3.63, 3.8) is 0 Å². The maximum Gasteiger partial charge on any atom is 0.344 e. The van der Waals surface area contributed by atoms with Crippen molar-refractivity contribution >= 4 is 23.6 Å². The number of aliphatic imine (C=N–C) groups is 1. The highest BCUT2D eigenvalue weighted by atomic mass is 16.6. The van der Waals surface area contributed by atoms with E-state index < -0.39 is 17.9 Å². The monoisotopic (exact) mass is 522 g/mol. The van der Waals surface area contributed by atoms with Crippen LogP contribution in [0.4, 0.5) is 5.69 Å². The smallest absolute Gasteiger partial charge is 0.344 e. The Morgan fingerprint density at radius 2 is 1.55 bits per heavy atom. The van der Waals surface area contributed by atoms with E-state index in [4.69, 9.17) is 14.5 Å². The van der Waals surface area contributed by atoms with Crippen LogP contribution in [0.5, 0.6) is 0 Å². The largest absolute Gasteiger partial charge is 0.466 e. The molecule has 1 aliphatic heterocycles. The predicted octanol–water partition coefficient (Wildman–Crippen LogP) is 5.65. The lowest BCUT2D eigenvalue weighted by molar-refractivity contribution is -0.136. The molecule has 1 unspecified atom stereocenters. The number of amidine groups is 1. The van der Waals surface area contributed by atoms with Crippen LogP contribution < -0.4 is 10.6 Å². The number of nitroso groups, excluding NO2 is 1. The first-order chi connectivity index (χ1) is 18.4. The highest BCUT2D eigenvalue weighted by molar-refractivity contribution is 6.03. The van der Waals surface area contributed by atoms with E-state index in [1.54, 1.807) is 38.1 Å². The molecule has 2 saturated carbocycles. The van der Waals surface area contributed by atoms with Crippen LogP contribution in [0.15, 0.2) is 57.0 Å². The lowest BCUT2D eigenvalue weighted by Gasteiger charge is -2.31. The number of nitrogens with one attached hydrogen (secondary N) is 2. The van der Waals surface area contributed by atoms with Gasteiger partial charge in [0.15, 0.2) is 0 Å². The summed E-state index contributed by atoms with van der Waals surface area (Å²) in [6.07, 6.45) is 10.9. The Morgan fingerprint density at radius 1 is 0.921 bits per heavy atom. The van der Waals surface area contributed by atoms with Gasteiger partial charge in [0.2, 0.25) is 0 Å². The lowest BCUT2D eigenvalue weighted by atomic mass is 9.80. The van der Waals surface area contributed by atoms with Crippen molar-refractivity contribution < 1.29 is 19.1 Å². The summed E-state index contributed by atoms with van der Waals surface area (Å²) in [4.78, 5) is 43.0. The van der Waals surface area contributed by atoms with E-state index in [9.17, 15) is 14.5 Å². The molecule has 9 heteroatoms. The molecule has 1 atom stereocenters. The first kappa shape index (κ1) is 27.5. The molecule has 1 aromatic rings. The Hall–Kier alpha value is -3.49. The zero-order valence-electron chi connectivity index (χ0n) is 22.5. The summed E-state index contributed by atoms with van der Waals surface area (Å²) in [7, 11) is 1.30. The van der Waals surface area contributed by atoms with Gasteiger partial charge in [0.25, 0.3) is 6.02 Å². The quantitative estimate of drug-likeness (QED) is 0.215. The molecule has 204 valence electrons. The Labute approximate surface area is 224 Å². The fraction of sp³-hybridized carbons (Fsp3) is 0.552. The van der Waals surface area contributed by atoms with Crippen molar-refractivity contribution in [1.29, 1.82) is 0 Å². The van der Waals surface area contributed by atoms with Crippen molar-refractivity contribution in [2.75, 3.05) is 7.11 Å². The number of methoxy groups -OCH3 is 1. The topological polar surface area (TPSA) is 118 Å². The molecule has 0 spiro atoms. The number of benzene rings is 1. The van der Waals surface area contributed by atoms with Gasteiger partial charge in [-0.1, -0.05) is 50.7 Å². The maximum atomic E-state index is 13.9. The van der Waals surface area contributed by atoms with Crippen LogP contribution in [0.2, 0.25) is 0 Å². The molecule has 1 heterocycles. The summed E-state index contributed by atoms with van der Waals surface area (Å²) >= 11 is 0. The third-order valence-electron chi connectivity index (χ3n) is 7.69. The summed E-state index contributed by atoms with van der Waals surface area (Å²) in [5.41, 5.74) is 2.44. The molecule has 2 aliphatic carbocycles. The van der Waals surface area contributed by atoms with Crippen LogP contribution in [-0.2, 0) is 19.1 Å². The molecule has 2 N–H and O–H groups in total. The van der Waals surface area contributed by atoms with Crippen LogP contribution in [0.25, 0.3) is 0 Å². The number of dihydropyridines is 1. The summed E-state index contributed by atoms with van der Waals surface area (Å²) in [6.45, 7) is 3.53. The number of ether oxygens (including phenoxy) is 2. The molecule has 38 heavy (non-hydrogen) atoms. The van der Waals surface area contributed by atoms with Crippen molar-refractivity contribution in [3.05, 3.63) is 57.3 Å². The van der Waals surface area contributed by atoms with Crippen LogP contribution >= 0.6 is 0 Å². The second kappa shape index (κ2) is 12.8. The Morgan fingerprint density at radius 3 is 2.18 bits per heavy atom. The fourth-order valence-corrected chi connectivity index (χ4v) is 5.77. The maximum absolute atomic E-state index is 13.9. The first-order valence-corrected chi connectivity index (χ1v) is 13.7. The number of allylic oxidation sites excluding steroid dienone is 2. The molecule has 0 saturated heterocycles. The summed E-state index contributed by atoms with van der Waals surface area (Å²) in [5, 5.41) is 9.61. The number of rotatable bonds is 6.